The first-order valence-corrected chi connectivity index (χ1v) is 6.10. The van der Waals surface area contributed by atoms with Gasteiger partial charge >= 0.3 is 11.7 Å². The molecule has 1 N–H and O–H groups in total. The van der Waals surface area contributed by atoms with Crippen LogP contribution in [0.2, 0.25) is 0 Å². The van der Waals surface area contributed by atoms with Crippen LogP contribution in [-0.4, -0.2) is 34.1 Å². The molecular formula is C13H13N3O4. The summed E-state index contributed by atoms with van der Waals surface area (Å²) in [6.07, 6.45) is 7.38. The van der Waals surface area contributed by atoms with E-state index in [1.165, 1.54) is 0 Å². The molecule has 0 radical (unpaired) electrons. The number of hydrogen-bond acceptors (Lipinski definition) is 5. The second-order valence-electron chi connectivity index (χ2n) is 4.63. The van der Waals surface area contributed by atoms with E-state index < -0.39 is 10.9 Å². The summed E-state index contributed by atoms with van der Waals surface area (Å²) in [6.45, 7) is 0.717. The lowest BCUT2D eigenvalue weighted by atomic mass is 10.2. The van der Waals surface area contributed by atoms with Crippen molar-refractivity contribution in [2.24, 2.45) is 5.92 Å². The molecule has 1 aromatic rings. The quantitative estimate of drug-likeness (QED) is 0.480. The first-order valence-electron chi connectivity index (χ1n) is 6.10. The van der Waals surface area contributed by atoms with E-state index in [0.717, 1.165) is 25.0 Å². The minimum atomic E-state index is -1.23. The van der Waals surface area contributed by atoms with Gasteiger partial charge in [-0.15, -0.1) is 6.42 Å². The van der Waals surface area contributed by atoms with Crippen molar-refractivity contribution >= 4 is 17.5 Å². The van der Waals surface area contributed by atoms with Crippen LogP contribution < -0.4 is 4.90 Å². The summed E-state index contributed by atoms with van der Waals surface area (Å²) in [6, 6.07) is 2.28. The lowest BCUT2D eigenvalue weighted by Crippen LogP contribution is -2.28. The van der Waals surface area contributed by atoms with Gasteiger partial charge in [0.15, 0.2) is 5.69 Å². The summed E-state index contributed by atoms with van der Waals surface area (Å²) >= 11 is 0. The van der Waals surface area contributed by atoms with Crippen LogP contribution in [0.15, 0.2) is 12.1 Å². The van der Waals surface area contributed by atoms with E-state index >= 15 is 0 Å². The molecule has 20 heavy (non-hydrogen) atoms. The van der Waals surface area contributed by atoms with E-state index in [1.54, 1.807) is 4.90 Å². The molecule has 1 fully saturated rings. The molecule has 0 amide bonds. The molecule has 0 bridgehead atoms. The van der Waals surface area contributed by atoms with Crippen LogP contribution in [0.1, 0.15) is 23.3 Å². The third-order valence-corrected chi connectivity index (χ3v) is 3.03. The first kappa shape index (κ1) is 13.8. The summed E-state index contributed by atoms with van der Waals surface area (Å²) in [5.41, 5.74) is -0.464. The maximum atomic E-state index is 11.1. The summed E-state index contributed by atoms with van der Waals surface area (Å²) in [4.78, 5) is 26.9. The van der Waals surface area contributed by atoms with Gasteiger partial charge < -0.3 is 10.0 Å². The molecule has 2 rings (SSSR count). The van der Waals surface area contributed by atoms with E-state index in [-0.39, 0.29) is 23.7 Å². The highest BCUT2D eigenvalue weighted by atomic mass is 16.6. The van der Waals surface area contributed by atoms with Gasteiger partial charge in [0.1, 0.15) is 0 Å². The number of aromatic carboxylic acids is 1. The molecule has 1 aliphatic rings. The highest BCUT2D eigenvalue weighted by Gasteiger charge is 2.29. The van der Waals surface area contributed by atoms with E-state index in [2.05, 4.69) is 10.9 Å². The van der Waals surface area contributed by atoms with E-state index in [0.29, 0.717) is 12.5 Å². The molecule has 0 aliphatic heterocycles. The van der Waals surface area contributed by atoms with Gasteiger partial charge in [0.05, 0.1) is 11.5 Å². The van der Waals surface area contributed by atoms with E-state index in [1.807, 2.05) is 0 Å². The van der Waals surface area contributed by atoms with Crippen molar-refractivity contribution in [3.63, 3.8) is 0 Å². The lowest BCUT2D eigenvalue weighted by molar-refractivity contribution is -0.384. The average molecular weight is 275 g/mol. The van der Waals surface area contributed by atoms with Crippen LogP contribution in [0.3, 0.4) is 0 Å². The Morgan fingerprint density at radius 2 is 2.30 bits per heavy atom. The minimum Gasteiger partial charge on any atom is -0.477 e. The summed E-state index contributed by atoms with van der Waals surface area (Å²) in [5.74, 6) is 1.67. The molecule has 1 aromatic heterocycles. The third kappa shape index (κ3) is 3.03. The van der Waals surface area contributed by atoms with Crippen molar-refractivity contribution in [3.8, 4) is 12.3 Å². The zero-order chi connectivity index (χ0) is 14.7. The number of hydrogen-bond donors (Lipinski definition) is 1. The number of carbonyl (C=O) groups is 1. The van der Waals surface area contributed by atoms with Crippen LogP contribution in [-0.2, 0) is 0 Å². The molecule has 7 nitrogen and oxygen atoms in total. The van der Waals surface area contributed by atoms with E-state index in [4.69, 9.17) is 11.5 Å². The fourth-order valence-corrected chi connectivity index (χ4v) is 1.88. The van der Waals surface area contributed by atoms with Crippen molar-refractivity contribution in [3.05, 3.63) is 27.9 Å². The number of carboxylic acid groups (broad SMARTS) is 1. The number of rotatable bonds is 6. The Morgan fingerprint density at radius 3 is 2.80 bits per heavy atom. The topological polar surface area (TPSA) is 96.6 Å². The summed E-state index contributed by atoms with van der Waals surface area (Å²) < 4.78 is 0. The zero-order valence-corrected chi connectivity index (χ0v) is 10.7. The standard InChI is InChI=1S/C13H13N3O4/c1-2-7-15(8-9-3-4-9)12-11(16(19)20)6-5-10(14-12)13(17)18/h1,5-6,9H,3-4,7-8H2,(H,17,18). The molecule has 0 aromatic carbocycles. The third-order valence-electron chi connectivity index (χ3n) is 3.03. The SMILES string of the molecule is C#CCN(CC1CC1)c1nc(C(=O)O)ccc1[N+](=O)[O-]. The molecule has 0 saturated heterocycles. The Bertz CT molecular complexity index is 590. The second-order valence-corrected chi connectivity index (χ2v) is 4.63. The number of aromatic nitrogens is 1. The molecular weight excluding hydrogens is 262 g/mol. The Balaban J connectivity index is 2.42. The Morgan fingerprint density at radius 1 is 1.60 bits per heavy atom. The maximum absolute atomic E-state index is 11.1. The van der Waals surface area contributed by atoms with Gasteiger partial charge in [0.2, 0.25) is 5.82 Å². The second kappa shape index (κ2) is 5.57. The number of nitro groups is 1. The van der Waals surface area contributed by atoms with E-state index in [9.17, 15) is 14.9 Å². The lowest BCUT2D eigenvalue weighted by Gasteiger charge is -2.21. The van der Waals surface area contributed by atoms with Gasteiger partial charge in [-0.05, 0) is 24.8 Å². The molecule has 7 heteroatoms. The minimum absolute atomic E-state index is 0.0275. The average Bonchev–Trinajstić information content (AvgIpc) is 3.21. The predicted octanol–water partition coefficient (Wildman–Crippen LogP) is 1.54. The van der Waals surface area contributed by atoms with Gasteiger partial charge in [0, 0.05) is 12.6 Å². The fraction of sp³-hybridized carbons (Fsp3) is 0.385. The van der Waals surface area contributed by atoms with Crippen molar-refractivity contribution < 1.29 is 14.8 Å². The van der Waals surface area contributed by atoms with Gasteiger partial charge in [-0.1, -0.05) is 5.92 Å². The fourth-order valence-electron chi connectivity index (χ4n) is 1.88. The highest BCUT2D eigenvalue weighted by molar-refractivity contribution is 5.86. The molecule has 0 unspecified atom stereocenters. The van der Waals surface area contributed by atoms with Gasteiger partial charge in [-0.25, -0.2) is 9.78 Å². The van der Waals surface area contributed by atoms with Gasteiger partial charge in [-0.3, -0.25) is 10.1 Å². The molecule has 1 aliphatic carbocycles. The molecule has 104 valence electrons. The Hall–Kier alpha value is -2.62. The zero-order valence-electron chi connectivity index (χ0n) is 10.7. The number of pyridine rings is 1. The summed E-state index contributed by atoms with van der Waals surface area (Å²) in [5, 5.41) is 20.0. The van der Waals surface area contributed by atoms with Gasteiger partial charge in [0.25, 0.3) is 0 Å². The van der Waals surface area contributed by atoms with Crippen LogP contribution in [0.5, 0.6) is 0 Å². The first-order chi connectivity index (χ1) is 9.52. The molecule has 0 spiro atoms. The molecule has 0 atom stereocenters. The van der Waals surface area contributed by atoms with Crippen LogP contribution in [0.4, 0.5) is 11.5 Å². The largest absolute Gasteiger partial charge is 0.477 e. The number of carboxylic acids is 1. The predicted molar refractivity (Wildman–Crippen MR) is 71.6 cm³/mol. The number of nitrogens with zero attached hydrogens (tertiary/aromatic N) is 3. The number of terminal acetylenes is 1. The Kier molecular flexibility index (Phi) is 3.84. The van der Waals surface area contributed by atoms with Crippen molar-refractivity contribution in [2.75, 3.05) is 18.0 Å². The highest BCUT2D eigenvalue weighted by Crippen LogP contribution is 2.33. The number of anilines is 1. The Labute approximate surface area is 115 Å². The molecule has 1 heterocycles. The monoisotopic (exact) mass is 275 g/mol. The van der Waals surface area contributed by atoms with Crippen LogP contribution in [0, 0.1) is 28.4 Å². The smallest absolute Gasteiger partial charge is 0.354 e. The maximum Gasteiger partial charge on any atom is 0.354 e. The summed E-state index contributed by atoms with van der Waals surface area (Å²) in [7, 11) is 0. The van der Waals surface area contributed by atoms with Gasteiger partial charge in [-0.2, -0.15) is 0 Å². The normalized spacial score (nSPS) is 13.6. The molecule has 1 saturated carbocycles. The van der Waals surface area contributed by atoms with Crippen molar-refractivity contribution in [1.29, 1.82) is 0 Å². The van der Waals surface area contributed by atoms with Crippen LogP contribution in [0.25, 0.3) is 0 Å². The van der Waals surface area contributed by atoms with Crippen LogP contribution >= 0.6 is 0 Å². The van der Waals surface area contributed by atoms with Crippen molar-refractivity contribution in [2.45, 2.75) is 12.8 Å². The van der Waals surface area contributed by atoms with Crippen molar-refractivity contribution in [1.82, 2.24) is 4.98 Å².